The molecule has 0 aliphatic carbocycles. The molecule has 1 atom stereocenters. The lowest BCUT2D eigenvalue weighted by atomic mass is 9.80. The van der Waals surface area contributed by atoms with Crippen molar-refractivity contribution in [1.82, 2.24) is 5.32 Å². The third kappa shape index (κ3) is 3.75. The van der Waals surface area contributed by atoms with Gasteiger partial charge < -0.3 is 24.5 Å². The Kier molecular flexibility index (Phi) is 4.92. The Bertz CT molecular complexity index is 789. The molecule has 6 nitrogen and oxygen atoms in total. The summed E-state index contributed by atoms with van der Waals surface area (Å²) in [6, 6.07) is 12.4. The predicted molar refractivity (Wildman–Crippen MR) is 96.7 cm³/mol. The molecule has 1 unspecified atom stereocenters. The van der Waals surface area contributed by atoms with E-state index in [0.29, 0.717) is 30.2 Å². The molecule has 2 aliphatic rings. The molecule has 134 valence electrons. The van der Waals surface area contributed by atoms with Crippen LogP contribution in [0.1, 0.15) is 28.8 Å². The fourth-order valence-corrected chi connectivity index (χ4v) is 3.19. The molecule has 1 amide bonds. The fraction of sp³-hybridized carbons (Fsp3) is 0.316. The zero-order valence-corrected chi connectivity index (χ0v) is 14.3. The van der Waals surface area contributed by atoms with Gasteiger partial charge in [0, 0.05) is 18.7 Å². The van der Waals surface area contributed by atoms with Gasteiger partial charge in [0.05, 0.1) is 12.7 Å². The van der Waals surface area contributed by atoms with Crippen molar-refractivity contribution in [2.24, 2.45) is 0 Å². The van der Waals surface area contributed by atoms with Crippen LogP contribution < -0.4 is 15.5 Å². The largest absolute Gasteiger partial charge is 0.491 e. The number of amides is 1. The van der Waals surface area contributed by atoms with Crippen LogP contribution in [0.5, 0.6) is 11.5 Å². The molecule has 2 aromatic carbocycles. The number of ether oxygens (including phenoxy) is 2. The predicted octanol–water partition coefficient (Wildman–Crippen LogP) is 1.61. The maximum atomic E-state index is 12.2. The van der Waals surface area contributed by atoms with E-state index in [4.69, 9.17) is 14.1 Å². The van der Waals surface area contributed by atoms with Crippen LogP contribution in [0.2, 0.25) is 0 Å². The first-order valence-electron chi connectivity index (χ1n) is 8.79. The van der Waals surface area contributed by atoms with E-state index in [1.54, 1.807) is 36.4 Å². The minimum Gasteiger partial charge on any atom is -0.457 e. The van der Waals surface area contributed by atoms with Crippen molar-refractivity contribution in [2.75, 3.05) is 13.2 Å². The van der Waals surface area contributed by atoms with E-state index in [0.717, 1.165) is 30.5 Å². The molecular formula is C19H20BNO5. The molecule has 0 spiro atoms. The third-order valence-electron chi connectivity index (χ3n) is 4.64. The van der Waals surface area contributed by atoms with Crippen molar-refractivity contribution >= 4 is 18.5 Å². The minimum absolute atomic E-state index is 0.115. The maximum absolute atomic E-state index is 12.2. The Morgan fingerprint density at radius 3 is 2.81 bits per heavy atom. The summed E-state index contributed by atoms with van der Waals surface area (Å²) in [6.07, 6.45) is 2.18. The van der Waals surface area contributed by atoms with Crippen LogP contribution in [-0.2, 0) is 16.0 Å². The standard InChI is InChI=1S/C19H20BNO5/c22-19(21-11-17-2-1-9-24-17)13-3-5-15(6-4-13)26-16-7-8-18-14(10-16)12-25-20(18)23/h3-8,10,17,23H,1-2,9,11-12H2,(H,21,22). The summed E-state index contributed by atoms with van der Waals surface area (Å²) >= 11 is 0. The van der Waals surface area contributed by atoms with Gasteiger partial charge in [-0.15, -0.1) is 0 Å². The van der Waals surface area contributed by atoms with Gasteiger partial charge in [0.15, 0.2) is 0 Å². The van der Waals surface area contributed by atoms with Crippen molar-refractivity contribution in [3.63, 3.8) is 0 Å². The Hall–Kier alpha value is -2.35. The highest BCUT2D eigenvalue weighted by Crippen LogP contribution is 2.24. The normalized spacial score (nSPS) is 18.7. The number of benzene rings is 2. The maximum Gasteiger partial charge on any atom is 0.491 e. The highest BCUT2D eigenvalue weighted by atomic mass is 16.5. The zero-order chi connectivity index (χ0) is 17.9. The van der Waals surface area contributed by atoms with E-state index in [9.17, 15) is 9.82 Å². The Morgan fingerprint density at radius 2 is 2.04 bits per heavy atom. The molecule has 0 saturated carbocycles. The van der Waals surface area contributed by atoms with E-state index >= 15 is 0 Å². The summed E-state index contributed by atoms with van der Waals surface area (Å²) in [5, 5.41) is 12.5. The molecule has 7 heteroatoms. The first kappa shape index (κ1) is 17.1. The van der Waals surface area contributed by atoms with E-state index in [2.05, 4.69) is 5.32 Å². The molecule has 0 aromatic heterocycles. The third-order valence-corrected chi connectivity index (χ3v) is 4.64. The van der Waals surface area contributed by atoms with Gasteiger partial charge in [-0.05, 0) is 60.3 Å². The van der Waals surface area contributed by atoms with Crippen LogP contribution in [0.15, 0.2) is 42.5 Å². The average Bonchev–Trinajstić information content (AvgIpc) is 3.30. The Morgan fingerprint density at radius 1 is 1.23 bits per heavy atom. The molecule has 2 aliphatic heterocycles. The van der Waals surface area contributed by atoms with E-state index in [-0.39, 0.29) is 12.0 Å². The lowest BCUT2D eigenvalue weighted by Gasteiger charge is -2.11. The van der Waals surface area contributed by atoms with Gasteiger partial charge in [-0.1, -0.05) is 6.07 Å². The molecule has 1 saturated heterocycles. The van der Waals surface area contributed by atoms with E-state index < -0.39 is 7.12 Å². The van der Waals surface area contributed by atoms with E-state index in [1.807, 2.05) is 6.07 Å². The zero-order valence-electron chi connectivity index (χ0n) is 14.3. The van der Waals surface area contributed by atoms with Gasteiger partial charge in [-0.2, -0.15) is 0 Å². The van der Waals surface area contributed by atoms with Crippen LogP contribution >= 0.6 is 0 Å². The molecule has 26 heavy (non-hydrogen) atoms. The van der Waals surface area contributed by atoms with Gasteiger partial charge >= 0.3 is 7.12 Å². The quantitative estimate of drug-likeness (QED) is 0.799. The molecule has 2 heterocycles. The topological polar surface area (TPSA) is 77.0 Å². The summed E-state index contributed by atoms with van der Waals surface area (Å²) in [4.78, 5) is 12.2. The number of fused-ring (bicyclic) bond motifs is 1. The van der Waals surface area contributed by atoms with Crippen LogP contribution in [0.25, 0.3) is 0 Å². The van der Waals surface area contributed by atoms with Crippen molar-refractivity contribution in [2.45, 2.75) is 25.6 Å². The monoisotopic (exact) mass is 353 g/mol. The van der Waals surface area contributed by atoms with Crippen LogP contribution in [0.4, 0.5) is 0 Å². The number of rotatable bonds is 5. The lowest BCUT2D eigenvalue weighted by molar-refractivity contribution is 0.0858. The van der Waals surface area contributed by atoms with Crippen molar-refractivity contribution < 1.29 is 23.9 Å². The van der Waals surface area contributed by atoms with Gasteiger partial charge in [0.1, 0.15) is 11.5 Å². The fourth-order valence-electron chi connectivity index (χ4n) is 3.19. The second kappa shape index (κ2) is 7.49. The van der Waals surface area contributed by atoms with Gasteiger partial charge in [-0.25, -0.2) is 0 Å². The first-order chi connectivity index (χ1) is 12.7. The highest BCUT2D eigenvalue weighted by molar-refractivity contribution is 6.61. The number of carbonyl (C=O) groups is 1. The number of hydrogen-bond donors (Lipinski definition) is 2. The van der Waals surface area contributed by atoms with Crippen LogP contribution in [0, 0.1) is 0 Å². The minimum atomic E-state index is -0.855. The summed E-state index contributed by atoms with van der Waals surface area (Å²) < 4.78 is 16.5. The Labute approximate surface area is 152 Å². The summed E-state index contributed by atoms with van der Waals surface area (Å²) in [7, 11) is -0.855. The summed E-state index contributed by atoms with van der Waals surface area (Å²) in [5.74, 6) is 1.19. The van der Waals surface area contributed by atoms with Gasteiger partial charge in [0.25, 0.3) is 5.91 Å². The second-order valence-electron chi connectivity index (χ2n) is 6.50. The smallest absolute Gasteiger partial charge is 0.457 e. The van der Waals surface area contributed by atoms with Gasteiger partial charge in [0.2, 0.25) is 0 Å². The van der Waals surface area contributed by atoms with E-state index in [1.165, 1.54) is 0 Å². The number of carbonyl (C=O) groups excluding carboxylic acids is 1. The molecule has 4 rings (SSSR count). The summed E-state index contributed by atoms with van der Waals surface area (Å²) in [5.41, 5.74) is 2.27. The van der Waals surface area contributed by atoms with Crippen molar-refractivity contribution in [3.8, 4) is 11.5 Å². The molecule has 2 aromatic rings. The molecule has 0 radical (unpaired) electrons. The second-order valence-corrected chi connectivity index (χ2v) is 6.50. The lowest BCUT2D eigenvalue weighted by Crippen LogP contribution is -2.31. The SMILES string of the molecule is O=C(NCC1CCCO1)c1ccc(Oc2ccc3c(c2)COB3O)cc1. The summed E-state index contributed by atoms with van der Waals surface area (Å²) in [6.45, 7) is 1.69. The molecule has 1 fully saturated rings. The van der Waals surface area contributed by atoms with Crippen LogP contribution in [-0.4, -0.2) is 37.3 Å². The van der Waals surface area contributed by atoms with Gasteiger partial charge in [-0.3, -0.25) is 4.79 Å². The average molecular weight is 353 g/mol. The van der Waals surface area contributed by atoms with Crippen LogP contribution in [0.3, 0.4) is 0 Å². The highest BCUT2D eigenvalue weighted by Gasteiger charge is 2.27. The Balaban J connectivity index is 1.36. The van der Waals surface area contributed by atoms with Crippen molar-refractivity contribution in [3.05, 3.63) is 53.6 Å². The van der Waals surface area contributed by atoms with Crippen molar-refractivity contribution in [1.29, 1.82) is 0 Å². The molecule has 2 N–H and O–H groups in total. The molecular weight excluding hydrogens is 333 g/mol. The molecule has 0 bridgehead atoms. The number of hydrogen-bond acceptors (Lipinski definition) is 5. The first-order valence-corrected chi connectivity index (χ1v) is 8.79. The number of nitrogens with one attached hydrogen (secondary N) is 1.